The van der Waals surface area contributed by atoms with Crippen LogP contribution in [0.2, 0.25) is 0 Å². The number of aryl methyl sites for hydroxylation is 1. The molecule has 4 amide bonds. The Labute approximate surface area is 175 Å². The Bertz CT molecular complexity index is 1020. The van der Waals surface area contributed by atoms with Crippen LogP contribution >= 0.6 is 0 Å². The number of imide groups is 1. The summed E-state index contributed by atoms with van der Waals surface area (Å²) < 4.78 is 0. The maximum Gasteiger partial charge on any atom is 0.262 e. The summed E-state index contributed by atoms with van der Waals surface area (Å²) in [7, 11) is 0. The van der Waals surface area contributed by atoms with Crippen LogP contribution < -0.4 is 10.6 Å². The van der Waals surface area contributed by atoms with Crippen LogP contribution in [0.1, 0.15) is 67.8 Å². The summed E-state index contributed by atoms with van der Waals surface area (Å²) in [6, 6.07) is 11.7. The average molecular weight is 407 g/mol. The summed E-state index contributed by atoms with van der Waals surface area (Å²) in [6.07, 6.45) is 0. The van der Waals surface area contributed by atoms with Gasteiger partial charge in [0.2, 0.25) is 0 Å². The molecule has 0 aromatic heterocycles. The molecule has 2 N–H and O–H groups in total. The molecule has 1 aliphatic rings. The molecule has 0 aliphatic carbocycles. The molecular weight excluding hydrogens is 382 g/mol. The molecule has 7 nitrogen and oxygen atoms in total. The number of amides is 4. The minimum Gasteiger partial charge on any atom is -0.350 e. The van der Waals surface area contributed by atoms with Crippen molar-refractivity contribution in [2.45, 2.75) is 33.2 Å². The molecule has 0 saturated carbocycles. The highest BCUT2D eigenvalue weighted by atomic mass is 16.2. The number of hydrogen-bond acceptors (Lipinski definition) is 4. The standard InChI is InChI=1S/C23H25N3O4/c1-14-5-7-15(8-6-14)19(27)24-11-12-25-20(28)16-9-10-17-18(13-16)22(30)26(21(17)29)23(2,3)4/h5-10,13H,11-12H2,1-4H3,(H,24,27)(H,25,28). The second-order valence-electron chi connectivity index (χ2n) is 8.25. The van der Waals surface area contributed by atoms with Crippen molar-refractivity contribution in [3.8, 4) is 0 Å². The van der Waals surface area contributed by atoms with Gasteiger partial charge in [-0.1, -0.05) is 17.7 Å². The summed E-state index contributed by atoms with van der Waals surface area (Å²) in [6.45, 7) is 7.79. The lowest BCUT2D eigenvalue weighted by Gasteiger charge is -2.29. The van der Waals surface area contributed by atoms with E-state index in [1.807, 2.05) is 19.1 Å². The fourth-order valence-corrected chi connectivity index (χ4v) is 3.25. The lowest BCUT2D eigenvalue weighted by molar-refractivity contribution is 0.0507. The van der Waals surface area contributed by atoms with Crippen LogP contribution in [0, 0.1) is 6.92 Å². The maximum atomic E-state index is 12.6. The third kappa shape index (κ3) is 4.25. The van der Waals surface area contributed by atoms with E-state index in [1.165, 1.54) is 23.1 Å². The van der Waals surface area contributed by atoms with Crippen LogP contribution in [0.3, 0.4) is 0 Å². The number of carbonyl (C=O) groups is 4. The molecule has 2 aromatic carbocycles. The van der Waals surface area contributed by atoms with E-state index in [2.05, 4.69) is 10.6 Å². The molecule has 3 rings (SSSR count). The first-order valence-electron chi connectivity index (χ1n) is 9.75. The van der Waals surface area contributed by atoms with Crippen LogP contribution in [0.5, 0.6) is 0 Å². The van der Waals surface area contributed by atoms with Gasteiger partial charge in [0.25, 0.3) is 23.6 Å². The minimum absolute atomic E-state index is 0.215. The normalized spacial score (nSPS) is 13.3. The Balaban J connectivity index is 1.58. The lowest BCUT2D eigenvalue weighted by Crippen LogP contribution is -2.45. The van der Waals surface area contributed by atoms with Crippen LogP contribution in [0.25, 0.3) is 0 Å². The molecule has 30 heavy (non-hydrogen) atoms. The molecule has 2 aromatic rings. The molecule has 0 atom stereocenters. The average Bonchev–Trinajstić information content (AvgIpc) is 2.95. The van der Waals surface area contributed by atoms with E-state index in [0.717, 1.165) is 5.56 Å². The van der Waals surface area contributed by atoms with Crippen molar-refractivity contribution in [3.63, 3.8) is 0 Å². The smallest absolute Gasteiger partial charge is 0.262 e. The van der Waals surface area contributed by atoms with E-state index < -0.39 is 11.4 Å². The van der Waals surface area contributed by atoms with E-state index in [4.69, 9.17) is 0 Å². The van der Waals surface area contributed by atoms with E-state index in [0.29, 0.717) is 11.1 Å². The molecular formula is C23H25N3O4. The van der Waals surface area contributed by atoms with Crippen molar-refractivity contribution in [1.82, 2.24) is 15.5 Å². The largest absolute Gasteiger partial charge is 0.350 e. The van der Waals surface area contributed by atoms with Crippen molar-refractivity contribution >= 4 is 23.6 Å². The van der Waals surface area contributed by atoms with Gasteiger partial charge in [-0.2, -0.15) is 0 Å². The van der Waals surface area contributed by atoms with Gasteiger partial charge in [-0.3, -0.25) is 24.1 Å². The van der Waals surface area contributed by atoms with Gasteiger partial charge in [0.15, 0.2) is 0 Å². The molecule has 0 fully saturated rings. The first kappa shape index (κ1) is 21.2. The highest BCUT2D eigenvalue weighted by Gasteiger charge is 2.42. The first-order valence-corrected chi connectivity index (χ1v) is 9.75. The Kier molecular flexibility index (Phi) is 5.73. The zero-order chi connectivity index (χ0) is 22.1. The quantitative estimate of drug-likeness (QED) is 0.588. The van der Waals surface area contributed by atoms with E-state index in [1.54, 1.807) is 32.9 Å². The van der Waals surface area contributed by atoms with Gasteiger partial charge in [0, 0.05) is 29.8 Å². The first-order chi connectivity index (χ1) is 14.1. The molecule has 0 spiro atoms. The fourth-order valence-electron chi connectivity index (χ4n) is 3.25. The van der Waals surface area contributed by atoms with Gasteiger partial charge in [-0.15, -0.1) is 0 Å². The van der Waals surface area contributed by atoms with Gasteiger partial charge < -0.3 is 10.6 Å². The van der Waals surface area contributed by atoms with Crippen molar-refractivity contribution in [2.24, 2.45) is 0 Å². The van der Waals surface area contributed by atoms with E-state index in [-0.39, 0.29) is 41.9 Å². The van der Waals surface area contributed by atoms with Crippen LogP contribution in [-0.2, 0) is 0 Å². The predicted molar refractivity (Wildman–Crippen MR) is 113 cm³/mol. The number of benzene rings is 2. The number of nitrogens with zero attached hydrogens (tertiary/aromatic N) is 1. The third-order valence-electron chi connectivity index (χ3n) is 4.83. The van der Waals surface area contributed by atoms with Gasteiger partial charge in [-0.25, -0.2) is 0 Å². The third-order valence-corrected chi connectivity index (χ3v) is 4.83. The Morgan fingerprint density at radius 1 is 0.800 bits per heavy atom. The number of nitrogens with one attached hydrogen (secondary N) is 2. The number of fused-ring (bicyclic) bond motifs is 1. The van der Waals surface area contributed by atoms with Crippen molar-refractivity contribution in [2.75, 3.05) is 13.1 Å². The molecule has 0 unspecified atom stereocenters. The molecule has 7 heteroatoms. The van der Waals surface area contributed by atoms with Gasteiger partial charge in [0.05, 0.1) is 11.1 Å². The topological polar surface area (TPSA) is 95.6 Å². The van der Waals surface area contributed by atoms with Crippen LogP contribution in [-0.4, -0.2) is 47.2 Å². The second-order valence-corrected chi connectivity index (χ2v) is 8.25. The molecule has 1 heterocycles. The summed E-state index contributed by atoms with van der Waals surface area (Å²) in [5.41, 5.74) is 1.80. The van der Waals surface area contributed by atoms with Crippen molar-refractivity contribution in [1.29, 1.82) is 0 Å². The number of hydrogen-bond donors (Lipinski definition) is 2. The summed E-state index contributed by atoms with van der Waals surface area (Å²) in [5.74, 6) is -1.35. The van der Waals surface area contributed by atoms with Gasteiger partial charge in [0.1, 0.15) is 0 Å². The minimum atomic E-state index is -0.648. The Hall–Kier alpha value is -3.48. The monoisotopic (exact) mass is 407 g/mol. The zero-order valence-corrected chi connectivity index (χ0v) is 17.5. The SMILES string of the molecule is Cc1ccc(C(=O)NCCNC(=O)c2ccc3c(c2)C(=O)N(C(C)(C)C)C3=O)cc1. The summed E-state index contributed by atoms with van der Waals surface area (Å²) >= 11 is 0. The molecule has 1 aliphatic heterocycles. The van der Waals surface area contributed by atoms with E-state index in [9.17, 15) is 19.2 Å². The molecule has 156 valence electrons. The van der Waals surface area contributed by atoms with Crippen LogP contribution in [0.15, 0.2) is 42.5 Å². The summed E-state index contributed by atoms with van der Waals surface area (Å²) in [4.78, 5) is 50.9. The van der Waals surface area contributed by atoms with Gasteiger partial charge >= 0.3 is 0 Å². The Morgan fingerprint density at radius 2 is 1.30 bits per heavy atom. The fraction of sp³-hybridized carbons (Fsp3) is 0.304. The molecule has 0 saturated heterocycles. The molecule has 0 bridgehead atoms. The second kappa shape index (κ2) is 8.10. The van der Waals surface area contributed by atoms with Crippen molar-refractivity contribution in [3.05, 3.63) is 70.3 Å². The maximum absolute atomic E-state index is 12.6. The number of rotatable bonds is 5. The van der Waals surface area contributed by atoms with Crippen LogP contribution in [0.4, 0.5) is 0 Å². The highest BCUT2D eigenvalue weighted by molar-refractivity contribution is 6.22. The zero-order valence-electron chi connectivity index (χ0n) is 17.5. The molecule has 0 radical (unpaired) electrons. The predicted octanol–water partition coefficient (Wildman–Crippen LogP) is 2.55. The van der Waals surface area contributed by atoms with Gasteiger partial charge in [-0.05, 0) is 58.0 Å². The Morgan fingerprint density at radius 3 is 1.87 bits per heavy atom. The summed E-state index contributed by atoms with van der Waals surface area (Å²) in [5, 5.41) is 5.45. The highest BCUT2D eigenvalue weighted by Crippen LogP contribution is 2.29. The van der Waals surface area contributed by atoms with Crippen molar-refractivity contribution < 1.29 is 19.2 Å². The van der Waals surface area contributed by atoms with E-state index >= 15 is 0 Å². The lowest BCUT2D eigenvalue weighted by atomic mass is 10.1. The number of carbonyl (C=O) groups excluding carboxylic acids is 4.